The summed E-state index contributed by atoms with van der Waals surface area (Å²) in [4.78, 5) is 14.1. The van der Waals surface area contributed by atoms with E-state index in [0.717, 1.165) is 3.57 Å². The Hall–Kier alpha value is -0.420. The zero-order chi connectivity index (χ0) is 16.5. The molecular weight excluding hydrogens is 441 g/mol. The molecule has 0 unspecified atom stereocenters. The van der Waals surface area contributed by atoms with Crippen molar-refractivity contribution in [2.24, 2.45) is 0 Å². The van der Waals surface area contributed by atoms with Crippen LogP contribution in [-0.4, -0.2) is 68.1 Å². The van der Waals surface area contributed by atoms with Crippen LogP contribution in [-0.2, 0) is 10.2 Å². The van der Waals surface area contributed by atoms with Crippen LogP contribution >= 0.6 is 34.2 Å². The summed E-state index contributed by atoms with van der Waals surface area (Å²) in [5, 5.41) is 0.610. The first kappa shape index (κ1) is 17.9. The number of benzene rings is 1. The summed E-state index contributed by atoms with van der Waals surface area (Å²) in [6, 6.07) is 5.13. The van der Waals surface area contributed by atoms with Crippen LogP contribution in [0.15, 0.2) is 18.2 Å². The highest BCUT2D eigenvalue weighted by atomic mass is 127. The third-order valence-electron chi connectivity index (χ3n) is 3.48. The van der Waals surface area contributed by atoms with Crippen molar-refractivity contribution < 1.29 is 13.2 Å². The summed E-state index contributed by atoms with van der Waals surface area (Å²) < 4.78 is 27.5. The lowest BCUT2D eigenvalue weighted by atomic mass is 10.2. The van der Waals surface area contributed by atoms with Crippen molar-refractivity contribution in [1.82, 2.24) is 13.5 Å². The molecule has 1 aliphatic heterocycles. The molecule has 22 heavy (non-hydrogen) atoms. The fourth-order valence-corrected chi connectivity index (χ4v) is 3.88. The monoisotopic (exact) mass is 457 g/mol. The Morgan fingerprint density at radius 1 is 1.23 bits per heavy atom. The first-order valence-electron chi connectivity index (χ1n) is 6.65. The third-order valence-corrected chi connectivity index (χ3v) is 6.96. The van der Waals surface area contributed by atoms with Crippen molar-refractivity contribution in [2.75, 3.05) is 40.3 Å². The van der Waals surface area contributed by atoms with E-state index in [2.05, 4.69) is 22.6 Å². The molecule has 0 radical (unpaired) electrons. The molecule has 6 nitrogen and oxygen atoms in total. The third kappa shape index (κ3) is 3.73. The highest BCUT2D eigenvalue weighted by Gasteiger charge is 2.30. The fraction of sp³-hybridized carbons (Fsp3) is 0.462. The second kappa shape index (κ2) is 7.00. The molecule has 0 bridgehead atoms. The molecule has 1 aromatic carbocycles. The lowest BCUT2D eigenvalue weighted by Crippen LogP contribution is -2.53. The molecule has 0 atom stereocenters. The summed E-state index contributed by atoms with van der Waals surface area (Å²) in [6.07, 6.45) is 0. The minimum Gasteiger partial charge on any atom is -0.336 e. The van der Waals surface area contributed by atoms with Gasteiger partial charge in [0.15, 0.2) is 0 Å². The summed E-state index contributed by atoms with van der Waals surface area (Å²) in [5.74, 6) is -0.100. The van der Waals surface area contributed by atoms with Crippen LogP contribution in [0, 0.1) is 3.57 Å². The van der Waals surface area contributed by atoms with Crippen molar-refractivity contribution in [3.05, 3.63) is 32.4 Å². The Kier molecular flexibility index (Phi) is 5.70. The molecule has 9 heteroatoms. The van der Waals surface area contributed by atoms with Gasteiger partial charge in [0.2, 0.25) is 0 Å². The second-order valence-corrected chi connectivity index (χ2v) is 8.82. The maximum atomic E-state index is 12.5. The van der Waals surface area contributed by atoms with E-state index in [1.807, 2.05) is 0 Å². The van der Waals surface area contributed by atoms with E-state index in [1.54, 1.807) is 23.1 Å². The van der Waals surface area contributed by atoms with Crippen molar-refractivity contribution in [1.29, 1.82) is 0 Å². The number of hydrogen-bond acceptors (Lipinski definition) is 3. The van der Waals surface area contributed by atoms with Crippen LogP contribution < -0.4 is 0 Å². The van der Waals surface area contributed by atoms with E-state index in [-0.39, 0.29) is 5.91 Å². The van der Waals surface area contributed by atoms with Crippen molar-refractivity contribution in [3.8, 4) is 0 Å². The van der Waals surface area contributed by atoms with E-state index in [1.165, 1.54) is 22.7 Å². The highest BCUT2D eigenvalue weighted by Crippen LogP contribution is 2.21. The predicted molar refractivity (Wildman–Crippen MR) is 94.3 cm³/mol. The van der Waals surface area contributed by atoms with Gasteiger partial charge in [-0.25, -0.2) is 0 Å². The minimum atomic E-state index is -3.42. The lowest BCUT2D eigenvalue weighted by Gasteiger charge is -2.35. The predicted octanol–water partition coefficient (Wildman–Crippen LogP) is 1.51. The Labute approximate surface area is 149 Å². The van der Waals surface area contributed by atoms with Crippen molar-refractivity contribution >= 4 is 50.3 Å². The number of amides is 1. The van der Waals surface area contributed by atoms with Gasteiger partial charge in [0.1, 0.15) is 0 Å². The fourth-order valence-electron chi connectivity index (χ4n) is 2.16. The van der Waals surface area contributed by atoms with Crippen LogP contribution in [0.3, 0.4) is 0 Å². The number of nitrogens with zero attached hydrogens (tertiary/aromatic N) is 3. The van der Waals surface area contributed by atoms with Gasteiger partial charge in [-0.2, -0.15) is 17.0 Å². The summed E-state index contributed by atoms with van der Waals surface area (Å²) >= 11 is 8.04. The van der Waals surface area contributed by atoms with Gasteiger partial charge < -0.3 is 4.90 Å². The van der Waals surface area contributed by atoms with Crippen LogP contribution in [0.4, 0.5) is 0 Å². The normalized spacial score (nSPS) is 17.0. The molecule has 2 rings (SSSR count). The number of hydrogen-bond donors (Lipinski definition) is 0. The molecule has 1 amide bonds. The summed E-state index contributed by atoms with van der Waals surface area (Å²) in [5.41, 5.74) is 0.567. The van der Waals surface area contributed by atoms with Gasteiger partial charge in [0.25, 0.3) is 16.1 Å². The Morgan fingerprint density at radius 3 is 2.32 bits per heavy atom. The van der Waals surface area contributed by atoms with E-state index < -0.39 is 10.2 Å². The van der Waals surface area contributed by atoms with Crippen LogP contribution in [0.5, 0.6) is 0 Å². The van der Waals surface area contributed by atoms with Gasteiger partial charge in [-0.05, 0) is 40.8 Å². The molecule has 0 N–H and O–H groups in total. The van der Waals surface area contributed by atoms with Crippen LogP contribution in [0.25, 0.3) is 0 Å². The molecule has 0 saturated carbocycles. The van der Waals surface area contributed by atoms with E-state index >= 15 is 0 Å². The Bertz CT molecular complexity index is 673. The number of piperazine rings is 1. The molecule has 0 aromatic heterocycles. The van der Waals surface area contributed by atoms with Gasteiger partial charge >= 0.3 is 0 Å². The van der Waals surface area contributed by atoms with Gasteiger partial charge in [-0.1, -0.05) is 11.6 Å². The molecule has 122 valence electrons. The Morgan fingerprint density at radius 2 is 1.82 bits per heavy atom. The number of halogens is 2. The van der Waals surface area contributed by atoms with E-state index in [0.29, 0.717) is 36.8 Å². The first-order valence-corrected chi connectivity index (χ1v) is 9.51. The number of rotatable bonds is 3. The minimum absolute atomic E-state index is 0.100. The van der Waals surface area contributed by atoms with Crippen LogP contribution in [0.1, 0.15) is 10.4 Å². The van der Waals surface area contributed by atoms with Gasteiger partial charge in [0.05, 0.1) is 5.02 Å². The zero-order valence-electron chi connectivity index (χ0n) is 12.3. The maximum Gasteiger partial charge on any atom is 0.281 e. The van der Waals surface area contributed by atoms with Crippen molar-refractivity contribution in [3.63, 3.8) is 0 Å². The second-order valence-electron chi connectivity index (χ2n) is 5.11. The quantitative estimate of drug-likeness (QED) is 0.647. The van der Waals surface area contributed by atoms with Gasteiger partial charge in [-0.3, -0.25) is 4.79 Å². The topological polar surface area (TPSA) is 60.9 Å². The van der Waals surface area contributed by atoms with E-state index in [4.69, 9.17) is 11.6 Å². The number of carbonyl (C=O) groups is 1. The average Bonchev–Trinajstić information content (AvgIpc) is 2.49. The Balaban J connectivity index is 2.05. The molecule has 1 saturated heterocycles. The highest BCUT2D eigenvalue weighted by molar-refractivity contribution is 14.1. The van der Waals surface area contributed by atoms with Gasteiger partial charge in [0, 0.05) is 49.4 Å². The molecule has 1 aromatic rings. The molecule has 1 fully saturated rings. The molecule has 1 aliphatic rings. The molecular formula is C13H17ClIN3O3S. The van der Waals surface area contributed by atoms with Crippen molar-refractivity contribution in [2.45, 2.75) is 0 Å². The van der Waals surface area contributed by atoms with E-state index in [9.17, 15) is 13.2 Å². The van der Waals surface area contributed by atoms with Gasteiger partial charge in [-0.15, -0.1) is 0 Å². The molecule has 1 heterocycles. The maximum absolute atomic E-state index is 12.5. The average molecular weight is 458 g/mol. The SMILES string of the molecule is CN(C)S(=O)(=O)N1CCN(C(=O)c2ccc(Cl)c(I)c2)CC1. The number of carbonyl (C=O) groups excluding carboxylic acids is 1. The van der Waals surface area contributed by atoms with Crippen LogP contribution in [0.2, 0.25) is 5.02 Å². The smallest absolute Gasteiger partial charge is 0.281 e. The standard InChI is InChI=1S/C13H17ClIN3O3S/c1-16(2)22(20,21)18-7-5-17(6-8-18)13(19)10-3-4-11(14)12(15)9-10/h3-4,9H,5-8H2,1-2H3. The summed E-state index contributed by atoms with van der Waals surface area (Å²) in [6.45, 7) is 1.37. The zero-order valence-corrected chi connectivity index (χ0v) is 16.0. The summed E-state index contributed by atoms with van der Waals surface area (Å²) in [7, 11) is -0.411. The first-order chi connectivity index (χ1) is 10.2. The lowest BCUT2D eigenvalue weighted by molar-refractivity contribution is 0.0695. The largest absolute Gasteiger partial charge is 0.336 e. The molecule has 0 spiro atoms. The molecule has 0 aliphatic carbocycles.